The Morgan fingerprint density at radius 1 is 1.15 bits per heavy atom. The summed E-state index contributed by atoms with van der Waals surface area (Å²) >= 11 is 0. The van der Waals surface area contributed by atoms with Gasteiger partial charge in [0.1, 0.15) is 5.76 Å². The number of rotatable bonds is 4. The standard InChI is InChI=1S/C22H31N3O2/c1-16-7-6-8-18(13-16)21-23-19(17(2)27-21)14-20(26)25-11-9-24(10-12-25)15-22(3,4)5/h6-8,13H,9-12,14-15H2,1-5H3. The van der Waals surface area contributed by atoms with Crippen LogP contribution in [0.3, 0.4) is 0 Å². The molecule has 27 heavy (non-hydrogen) atoms. The van der Waals surface area contributed by atoms with E-state index in [9.17, 15) is 4.79 Å². The molecule has 0 aliphatic carbocycles. The number of carbonyl (C=O) groups is 1. The predicted octanol–water partition coefficient (Wildman–Crippen LogP) is 3.69. The summed E-state index contributed by atoms with van der Waals surface area (Å²) in [5, 5.41) is 0. The number of amides is 1. The highest BCUT2D eigenvalue weighted by atomic mass is 16.4. The molecule has 5 nitrogen and oxygen atoms in total. The Balaban J connectivity index is 1.60. The largest absolute Gasteiger partial charge is 0.441 e. The Kier molecular flexibility index (Phi) is 5.70. The van der Waals surface area contributed by atoms with E-state index in [-0.39, 0.29) is 11.3 Å². The highest BCUT2D eigenvalue weighted by Crippen LogP contribution is 2.23. The van der Waals surface area contributed by atoms with Crippen LogP contribution in [0.2, 0.25) is 0 Å². The summed E-state index contributed by atoms with van der Waals surface area (Å²) in [7, 11) is 0. The van der Waals surface area contributed by atoms with E-state index in [2.05, 4.69) is 30.7 Å². The second-order valence-electron chi connectivity index (χ2n) is 8.79. The lowest BCUT2D eigenvalue weighted by molar-refractivity contribution is -0.132. The van der Waals surface area contributed by atoms with E-state index < -0.39 is 0 Å². The number of benzene rings is 1. The Labute approximate surface area is 162 Å². The van der Waals surface area contributed by atoms with E-state index >= 15 is 0 Å². The number of hydrogen-bond donors (Lipinski definition) is 0. The minimum absolute atomic E-state index is 0.137. The van der Waals surface area contributed by atoms with Crippen LogP contribution < -0.4 is 0 Å². The first kappa shape index (κ1) is 19.6. The lowest BCUT2D eigenvalue weighted by atomic mass is 9.96. The Morgan fingerprint density at radius 3 is 2.48 bits per heavy atom. The topological polar surface area (TPSA) is 49.6 Å². The molecule has 0 bridgehead atoms. The summed E-state index contributed by atoms with van der Waals surface area (Å²) in [6, 6.07) is 8.07. The molecule has 0 saturated carbocycles. The van der Waals surface area contributed by atoms with Crippen molar-refractivity contribution in [3.05, 3.63) is 41.3 Å². The Hall–Kier alpha value is -2.14. The molecule has 2 aromatic rings. The fourth-order valence-corrected chi connectivity index (χ4v) is 3.57. The fraction of sp³-hybridized carbons (Fsp3) is 0.545. The van der Waals surface area contributed by atoms with Gasteiger partial charge >= 0.3 is 0 Å². The molecule has 2 heterocycles. The number of aromatic nitrogens is 1. The normalized spacial score (nSPS) is 16.0. The van der Waals surface area contributed by atoms with E-state index in [0.29, 0.717) is 12.3 Å². The Bertz CT molecular complexity index is 796. The van der Waals surface area contributed by atoms with Crippen molar-refractivity contribution in [2.45, 2.75) is 41.0 Å². The Morgan fingerprint density at radius 2 is 1.85 bits per heavy atom. The van der Waals surface area contributed by atoms with Crippen molar-refractivity contribution in [2.75, 3.05) is 32.7 Å². The summed E-state index contributed by atoms with van der Waals surface area (Å²) in [5.74, 6) is 1.46. The van der Waals surface area contributed by atoms with Gasteiger partial charge in [-0.1, -0.05) is 38.5 Å². The van der Waals surface area contributed by atoms with Crippen molar-refractivity contribution in [2.24, 2.45) is 5.41 Å². The van der Waals surface area contributed by atoms with Crippen molar-refractivity contribution in [1.29, 1.82) is 0 Å². The number of piperazine rings is 1. The summed E-state index contributed by atoms with van der Waals surface area (Å²) in [4.78, 5) is 21.7. The van der Waals surface area contributed by atoms with Crippen LogP contribution in [0.15, 0.2) is 28.7 Å². The van der Waals surface area contributed by atoms with Crippen molar-refractivity contribution in [1.82, 2.24) is 14.8 Å². The number of oxazole rings is 1. The first-order valence-corrected chi connectivity index (χ1v) is 9.75. The zero-order valence-electron chi connectivity index (χ0n) is 17.2. The minimum atomic E-state index is 0.137. The van der Waals surface area contributed by atoms with Crippen LogP contribution in [0.5, 0.6) is 0 Å². The molecule has 0 unspecified atom stereocenters. The molecule has 0 N–H and O–H groups in total. The smallest absolute Gasteiger partial charge is 0.228 e. The summed E-state index contributed by atoms with van der Waals surface area (Å²) < 4.78 is 5.83. The molecule has 1 aliphatic rings. The number of nitrogens with zero attached hydrogens (tertiary/aromatic N) is 3. The molecule has 1 aromatic carbocycles. The second-order valence-corrected chi connectivity index (χ2v) is 8.79. The van der Waals surface area contributed by atoms with Crippen molar-refractivity contribution in [3.8, 4) is 11.5 Å². The maximum Gasteiger partial charge on any atom is 0.228 e. The van der Waals surface area contributed by atoms with Crippen LogP contribution in [0.1, 0.15) is 37.8 Å². The average molecular weight is 370 g/mol. The molecule has 1 saturated heterocycles. The van der Waals surface area contributed by atoms with Gasteiger partial charge in [0.25, 0.3) is 0 Å². The van der Waals surface area contributed by atoms with Gasteiger partial charge in [0.05, 0.1) is 12.1 Å². The van der Waals surface area contributed by atoms with Crippen LogP contribution in [-0.4, -0.2) is 53.4 Å². The summed E-state index contributed by atoms with van der Waals surface area (Å²) in [6.45, 7) is 15.2. The molecule has 146 valence electrons. The van der Waals surface area contributed by atoms with Crippen molar-refractivity contribution < 1.29 is 9.21 Å². The van der Waals surface area contributed by atoms with Gasteiger partial charge in [0.15, 0.2) is 0 Å². The van der Waals surface area contributed by atoms with Gasteiger partial charge in [0.2, 0.25) is 11.8 Å². The molecule has 3 rings (SSSR count). The van der Waals surface area contributed by atoms with E-state index in [1.165, 1.54) is 0 Å². The van der Waals surface area contributed by atoms with Crippen LogP contribution in [0.4, 0.5) is 0 Å². The van der Waals surface area contributed by atoms with Crippen LogP contribution >= 0.6 is 0 Å². The highest BCUT2D eigenvalue weighted by Gasteiger charge is 2.25. The van der Waals surface area contributed by atoms with Gasteiger partial charge in [-0.3, -0.25) is 9.69 Å². The monoisotopic (exact) mass is 369 g/mol. The summed E-state index contributed by atoms with van der Waals surface area (Å²) in [6.07, 6.45) is 0.306. The molecule has 1 aromatic heterocycles. The third kappa shape index (κ3) is 5.19. The first-order valence-electron chi connectivity index (χ1n) is 9.75. The van der Waals surface area contributed by atoms with Gasteiger partial charge in [-0.25, -0.2) is 4.98 Å². The first-order chi connectivity index (χ1) is 12.7. The molecule has 0 atom stereocenters. The zero-order valence-corrected chi connectivity index (χ0v) is 17.2. The third-order valence-corrected chi connectivity index (χ3v) is 4.90. The molecule has 1 aliphatic heterocycles. The molecule has 1 amide bonds. The van der Waals surface area contributed by atoms with Crippen molar-refractivity contribution >= 4 is 5.91 Å². The number of carbonyl (C=O) groups excluding carboxylic acids is 1. The summed E-state index contributed by atoms with van der Waals surface area (Å²) in [5.41, 5.74) is 3.14. The van der Waals surface area contributed by atoms with Gasteiger partial charge in [-0.15, -0.1) is 0 Å². The molecule has 0 radical (unpaired) electrons. The maximum atomic E-state index is 12.7. The molecule has 5 heteroatoms. The predicted molar refractivity (Wildman–Crippen MR) is 108 cm³/mol. The van der Waals surface area contributed by atoms with E-state index in [1.54, 1.807) is 0 Å². The number of hydrogen-bond acceptors (Lipinski definition) is 4. The molecule has 0 spiro atoms. The average Bonchev–Trinajstić information content (AvgIpc) is 2.95. The second kappa shape index (κ2) is 7.85. The van der Waals surface area contributed by atoms with E-state index in [0.717, 1.165) is 55.3 Å². The number of aryl methyl sites for hydroxylation is 2. The fourth-order valence-electron chi connectivity index (χ4n) is 3.57. The highest BCUT2D eigenvalue weighted by molar-refractivity contribution is 5.78. The third-order valence-electron chi connectivity index (χ3n) is 4.90. The van der Waals surface area contributed by atoms with Crippen LogP contribution in [-0.2, 0) is 11.2 Å². The SMILES string of the molecule is Cc1cccc(-c2nc(CC(=O)N3CCN(CC(C)(C)C)CC3)c(C)o2)c1. The van der Waals surface area contributed by atoms with Gasteiger partial charge in [0, 0.05) is 38.3 Å². The lowest BCUT2D eigenvalue weighted by Gasteiger charge is -2.37. The zero-order chi connectivity index (χ0) is 19.6. The van der Waals surface area contributed by atoms with E-state index in [1.807, 2.05) is 43.0 Å². The molecular formula is C22H31N3O2. The lowest BCUT2D eigenvalue weighted by Crippen LogP contribution is -2.50. The van der Waals surface area contributed by atoms with Gasteiger partial charge < -0.3 is 9.32 Å². The molecule has 1 fully saturated rings. The quantitative estimate of drug-likeness (QED) is 0.825. The van der Waals surface area contributed by atoms with Crippen molar-refractivity contribution in [3.63, 3.8) is 0 Å². The maximum absolute atomic E-state index is 12.7. The van der Waals surface area contributed by atoms with Gasteiger partial charge in [-0.2, -0.15) is 0 Å². The van der Waals surface area contributed by atoms with Crippen LogP contribution in [0, 0.1) is 19.3 Å². The van der Waals surface area contributed by atoms with Gasteiger partial charge in [-0.05, 0) is 31.4 Å². The molecular weight excluding hydrogens is 338 g/mol. The minimum Gasteiger partial charge on any atom is -0.441 e. The van der Waals surface area contributed by atoms with E-state index in [4.69, 9.17) is 4.42 Å². The van der Waals surface area contributed by atoms with Crippen LogP contribution in [0.25, 0.3) is 11.5 Å².